The molecule has 0 bridgehead atoms. The fourth-order valence-electron chi connectivity index (χ4n) is 1.23. The molecule has 5 nitrogen and oxygen atoms in total. The number of aromatic carboxylic acids is 1. The third-order valence-corrected chi connectivity index (χ3v) is 3.30. The van der Waals surface area contributed by atoms with Crippen LogP contribution in [0, 0.1) is 0 Å². The summed E-state index contributed by atoms with van der Waals surface area (Å²) in [6, 6.07) is 6.00. The highest BCUT2D eigenvalue weighted by molar-refractivity contribution is 8.00. The van der Waals surface area contributed by atoms with Crippen LogP contribution < -0.4 is 11.1 Å². The molecule has 0 aliphatic heterocycles. The van der Waals surface area contributed by atoms with Crippen LogP contribution in [0.2, 0.25) is 0 Å². The number of benzene rings is 1. The lowest BCUT2D eigenvalue weighted by Crippen LogP contribution is -2.15. The summed E-state index contributed by atoms with van der Waals surface area (Å²) >= 11 is 6.17. The minimum atomic E-state index is -0.994. The van der Waals surface area contributed by atoms with Gasteiger partial charge in [-0.25, -0.2) is 4.79 Å². The third kappa shape index (κ3) is 6.21. The Morgan fingerprint density at radius 2 is 1.95 bits per heavy atom. The number of carboxylic acid groups (broad SMARTS) is 1. The highest BCUT2D eigenvalue weighted by Gasteiger charge is 2.05. The zero-order chi connectivity index (χ0) is 14.3. The zero-order valence-electron chi connectivity index (χ0n) is 10.1. The maximum Gasteiger partial charge on any atom is 0.335 e. The molecule has 0 saturated carbocycles. The van der Waals surface area contributed by atoms with E-state index in [9.17, 15) is 9.59 Å². The standard InChI is InChI=1S/C12H14N2O3S2/c13-10(18)5-6-19-7-11(15)14-9-3-1-8(2-4-9)12(16)17/h1-4H,5-7H2,(H2,13,18)(H,14,15)(H,16,17). The number of hydrogen-bond acceptors (Lipinski definition) is 4. The van der Waals surface area contributed by atoms with Crippen LogP contribution in [-0.4, -0.2) is 33.5 Å². The van der Waals surface area contributed by atoms with E-state index in [0.717, 1.165) is 0 Å². The molecule has 0 aliphatic rings. The smallest absolute Gasteiger partial charge is 0.335 e. The van der Waals surface area contributed by atoms with Crippen LogP contribution >= 0.6 is 24.0 Å². The summed E-state index contributed by atoms with van der Waals surface area (Å²) in [7, 11) is 0. The van der Waals surface area contributed by atoms with Gasteiger partial charge in [-0.05, 0) is 24.3 Å². The minimum absolute atomic E-state index is 0.143. The maximum atomic E-state index is 11.6. The van der Waals surface area contributed by atoms with E-state index in [1.807, 2.05) is 0 Å². The molecule has 0 spiro atoms. The van der Waals surface area contributed by atoms with Gasteiger partial charge in [-0.15, -0.1) is 0 Å². The molecule has 0 radical (unpaired) electrons. The number of nitrogens with one attached hydrogen (secondary N) is 1. The van der Waals surface area contributed by atoms with E-state index in [4.69, 9.17) is 23.1 Å². The Hall–Kier alpha value is -1.60. The van der Waals surface area contributed by atoms with Crippen LogP contribution in [-0.2, 0) is 4.79 Å². The Morgan fingerprint density at radius 3 is 2.47 bits per heavy atom. The average molecular weight is 298 g/mol. The average Bonchev–Trinajstić information content (AvgIpc) is 2.35. The number of anilines is 1. The van der Waals surface area contributed by atoms with Crippen molar-refractivity contribution in [1.82, 2.24) is 0 Å². The van der Waals surface area contributed by atoms with Crippen LogP contribution in [0.4, 0.5) is 5.69 Å². The first kappa shape index (κ1) is 15.5. The van der Waals surface area contributed by atoms with Gasteiger partial charge >= 0.3 is 5.97 Å². The Balaban J connectivity index is 2.35. The molecule has 1 rings (SSSR count). The molecule has 19 heavy (non-hydrogen) atoms. The van der Waals surface area contributed by atoms with E-state index in [2.05, 4.69) is 5.32 Å². The van der Waals surface area contributed by atoms with Gasteiger partial charge in [0.15, 0.2) is 0 Å². The summed E-state index contributed by atoms with van der Waals surface area (Å²) in [5, 5.41) is 11.4. The predicted molar refractivity (Wildman–Crippen MR) is 80.8 cm³/mol. The number of thiocarbonyl (C=S) groups is 1. The summed E-state index contributed by atoms with van der Waals surface area (Å²) in [4.78, 5) is 22.7. The number of rotatable bonds is 7. The molecule has 0 saturated heterocycles. The number of carbonyl (C=O) groups is 2. The summed E-state index contributed by atoms with van der Waals surface area (Å²) < 4.78 is 0. The van der Waals surface area contributed by atoms with Crippen molar-refractivity contribution in [2.45, 2.75) is 6.42 Å². The lowest BCUT2D eigenvalue weighted by atomic mass is 10.2. The van der Waals surface area contributed by atoms with Gasteiger partial charge in [0.25, 0.3) is 0 Å². The molecule has 0 aliphatic carbocycles. The van der Waals surface area contributed by atoms with Gasteiger partial charge < -0.3 is 16.2 Å². The number of carbonyl (C=O) groups excluding carboxylic acids is 1. The second kappa shape index (κ2) is 7.75. The first-order chi connectivity index (χ1) is 8.99. The molecule has 0 aromatic heterocycles. The Morgan fingerprint density at radius 1 is 1.32 bits per heavy atom. The van der Waals surface area contributed by atoms with Crippen molar-refractivity contribution < 1.29 is 14.7 Å². The predicted octanol–water partition coefficient (Wildman–Crippen LogP) is 1.73. The highest BCUT2D eigenvalue weighted by atomic mass is 32.2. The van der Waals surface area contributed by atoms with Gasteiger partial charge in [0.05, 0.1) is 16.3 Å². The largest absolute Gasteiger partial charge is 0.478 e. The van der Waals surface area contributed by atoms with Crippen LogP contribution in [0.3, 0.4) is 0 Å². The van der Waals surface area contributed by atoms with E-state index >= 15 is 0 Å². The Bertz CT molecular complexity index is 474. The van der Waals surface area contributed by atoms with Crippen LogP contribution in [0.15, 0.2) is 24.3 Å². The number of nitrogens with two attached hydrogens (primary N) is 1. The topological polar surface area (TPSA) is 92.4 Å². The lowest BCUT2D eigenvalue weighted by Gasteiger charge is -2.05. The molecule has 1 aromatic rings. The molecule has 0 atom stereocenters. The van der Waals surface area contributed by atoms with Crippen molar-refractivity contribution in [3.63, 3.8) is 0 Å². The molecule has 0 heterocycles. The number of thioether (sulfide) groups is 1. The second-order valence-electron chi connectivity index (χ2n) is 3.70. The van der Waals surface area contributed by atoms with Crippen molar-refractivity contribution in [1.29, 1.82) is 0 Å². The van der Waals surface area contributed by atoms with Crippen molar-refractivity contribution in [3.05, 3.63) is 29.8 Å². The highest BCUT2D eigenvalue weighted by Crippen LogP contribution is 2.11. The van der Waals surface area contributed by atoms with Crippen molar-refractivity contribution >= 4 is 46.5 Å². The normalized spacial score (nSPS) is 9.89. The molecule has 1 amide bonds. The fraction of sp³-hybridized carbons (Fsp3) is 0.250. The fourth-order valence-corrected chi connectivity index (χ4v) is 2.23. The number of amides is 1. The van der Waals surface area contributed by atoms with Crippen LogP contribution in [0.25, 0.3) is 0 Å². The Kier molecular flexibility index (Phi) is 6.31. The van der Waals surface area contributed by atoms with E-state index in [1.54, 1.807) is 12.1 Å². The van der Waals surface area contributed by atoms with Crippen molar-refractivity contribution in [2.75, 3.05) is 16.8 Å². The minimum Gasteiger partial charge on any atom is -0.478 e. The molecular weight excluding hydrogens is 284 g/mol. The number of hydrogen-bond donors (Lipinski definition) is 3. The summed E-state index contributed by atoms with van der Waals surface area (Å²) in [5.41, 5.74) is 6.10. The zero-order valence-corrected chi connectivity index (χ0v) is 11.7. The van der Waals surface area contributed by atoms with E-state index in [-0.39, 0.29) is 11.5 Å². The first-order valence-corrected chi connectivity index (χ1v) is 7.04. The second-order valence-corrected chi connectivity index (χ2v) is 5.33. The lowest BCUT2D eigenvalue weighted by molar-refractivity contribution is -0.113. The molecular formula is C12H14N2O3S2. The number of carboxylic acids is 1. The van der Waals surface area contributed by atoms with Crippen molar-refractivity contribution in [2.24, 2.45) is 5.73 Å². The molecule has 0 fully saturated rings. The summed E-state index contributed by atoms with van der Waals surface area (Å²) in [5.74, 6) is -0.119. The van der Waals surface area contributed by atoms with Gasteiger partial charge in [-0.2, -0.15) is 11.8 Å². The van der Waals surface area contributed by atoms with E-state index in [1.165, 1.54) is 23.9 Å². The third-order valence-electron chi connectivity index (χ3n) is 2.14. The van der Waals surface area contributed by atoms with Gasteiger partial charge in [0.1, 0.15) is 0 Å². The molecule has 102 valence electrons. The molecule has 4 N–H and O–H groups in total. The maximum absolute atomic E-state index is 11.6. The Labute approximate surface area is 120 Å². The quantitative estimate of drug-likeness (QED) is 0.524. The molecule has 0 unspecified atom stereocenters. The van der Waals surface area contributed by atoms with Gasteiger partial charge in [0, 0.05) is 17.9 Å². The van der Waals surface area contributed by atoms with Crippen LogP contribution in [0.5, 0.6) is 0 Å². The summed E-state index contributed by atoms with van der Waals surface area (Å²) in [6.45, 7) is 0. The first-order valence-electron chi connectivity index (χ1n) is 5.48. The molecule has 7 heteroatoms. The van der Waals surface area contributed by atoms with Crippen molar-refractivity contribution in [3.8, 4) is 0 Å². The van der Waals surface area contributed by atoms with Gasteiger partial charge in [-0.3, -0.25) is 4.79 Å². The monoisotopic (exact) mass is 298 g/mol. The molecule has 1 aromatic carbocycles. The van der Waals surface area contributed by atoms with E-state index in [0.29, 0.717) is 28.6 Å². The SMILES string of the molecule is NC(=S)CCSCC(=O)Nc1ccc(C(=O)O)cc1. The summed E-state index contributed by atoms with van der Waals surface area (Å²) in [6.07, 6.45) is 0.612. The van der Waals surface area contributed by atoms with E-state index < -0.39 is 5.97 Å². The van der Waals surface area contributed by atoms with Gasteiger partial charge in [0.2, 0.25) is 5.91 Å². The van der Waals surface area contributed by atoms with Crippen LogP contribution in [0.1, 0.15) is 16.8 Å². The van der Waals surface area contributed by atoms with Gasteiger partial charge in [-0.1, -0.05) is 12.2 Å².